The first-order valence-electron chi connectivity index (χ1n) is 17.9. The summed E-state index contributed by atoms with van der Waals surface area (Å²) in [7, 11) is -1.05. The fraction of sp³-hybridized carbons (Fsp3) is 0.429. The van der Waals surface area contributed by atoms with E-state index in [0.29, 0.717) is 0 Å². The topological polar surface area (TPSA) is 18.5 Å². The molecule has 4 atom stereocenters. The molecule has 2 saturated carbocycles. The van der Waals surface area contributed by atoms with Gasteiger partial charge in [-0.1, -0.05) is 111 Å². The summed E-state index contributed by atoms with van der Waals surface area (Å²) in [6.45, 7) is 4.57. The maximum Gasteiger partial charge on any atom is 0.139 e. The Kier molecular flexibility index (Phi) is 8.97. The van der Waals surface area contributed by atoms with Crippen LogP contribution in [0.15, 0.2) is 84.9 Å². The van der Waals surface area contributed by atoms with Gasteiger partial charge in [-0.2, -0.15) is 0 Å². The van der Waals surface area contributed by atoms with E-state index in [4.69, 9.17) is 9.05 Å². The van der Waals surface area contributed by atoms with Gasteiger partial charge in [-0.05, 0) is 85.5 Å². The molecule has 2 nitrogen and oxygen atoms in total. The SMILES string of the molecule is Cc1ccc(-c2ccccc2)c(OP2CC3CCCCC3C2)c1-c1c(C)ccc(-c2ccccc2)c1OP1CC2CCCCC2C1. The molecule has 8 rings (SSSR count). The average Bonchev–Trinajstić information content (AvgIpc) is 3.70. The minimum absolute atomic E-state index is 0.527. The molecule has 4 unspecified atom stereocenters. The molecule has 4 aromatic carbocycles. The predicted octanol–water partition coefficient (Wildman–Crippen LogP) is 12.5. The highest BCUT2D eigenvalue weighted by Gasteiger charge is 2.40. The highest BCUT2D eigenvalue weighted by molar-refractivity contribution is 7.53. The van der Waals surface area contributed by atoms with Crippen molar-refractivity contribution in [1.29, 1.82) is 0 Å². The Morgan fingerprint density at radius 2 is 0.804 bits per heavy atom. The van der Waals surface area contributed by atoms with Gasteiger partial charge in [-0.3, -0.25) is 0 Å². The van der Waals surface area contributed by atoms with Crippen molar-refractivity contribution in [1.82, 2.24) is 0 Å². The maximum atomic E-state index is 7.44. The first kappa shape index (κ1) is 30.7. The first-order chi connectivity index (χ1) is 22.6. The molecule has 4 aromatic rings. The van der Waals surface area contributed by atoms with Crippen LogP contribution in [0.25, 0.3) is 33.4 Å². The van der Waals surface area contributed by atoms with Gasteiger partial charge in [-0.25, -0.2) is 0 Å². The van der Waals surface area contributed by atoms with Crippen LogP contribution in [-0.4, -0.2) is 24.6 Å². The molecule has 0 N–H and O–H groups in total. The molecule has 0 bridgehead atoms. The van der Waals surface area contributed by atoms with Crippen LogP contribution >= 0.6 is 16.3 Å². The van der Waals surface area contributed by atoms with Crippen LogP contribution in [0.3, 0.4) is 0 Å². The Bertz CT molecular complexity index is 1520. The molecule has 0 radical (unpaired) electrons. The smallest absolute Gasteiger partial charge is 0.139 e. The van der Waals surface area contributed by atoms with Gasteiger partial charge in [0.05, 0.1) is 16.3 Å². The Morgan fingerprint density at radius 3 is 1.15 bits per heavy atom. The molecule has 0 spiro atoms. The Balaban J connectivity index is 1.29. The molecule has 2 aliphatic heterocycles. The van der Waals surface area contributed by atoms with Crippen LogP contribution in [0.2, 0.25) is 0 Å². The molecule has 2 saturated heterocycles. The lowest BCUT2D eigenvalue weighted by atomic mass is 9.82. The number of benzene rings is 4. The van der Waals surface area contributed by atoms with E-state index in [0.717, 1.165) is 35.2 Å². The van der Waals surface area contributed by atoms with Crippen LogP contribution < -0.4 is 9.05 Å². The fourth-order valence-corrected chi connectivity index (χ4v) is 14.5. The molecule has 4 aliphatic rings. The largest absolute Gasteiger partial charge is 0.473 e. The average molecular weight is 647 g/mol. The van der Waals surface area contributed by atoms with Crippen molar-refractivity contribution in [2.75, 3.05) is 24.6 Å². The lowest BCUT2D eigenvalue weighted by Gasteiger charge is -2.26. The Labute approximate surface area is 279 Å². The summed E-state index contributed by atoms with van der Waals surface area (Å²) in [5, 5.41) is 0. The lowest BCUT2D eigenvalue weighted by Crippen LogP contribution is -2.16. The van der Waals surface area contributed by atoms with Gasteiger partial charge in [0.25, 0.3) is 0 Å². The van der Waals surface area contributed by atoms with E-state index < -0.39 is 16.3 Å². The zero-order chi connectivity index (χ0) is 31.0. The molecule has 4 fully saturated rings. The van der Waals surface area contributed by atoms with Crippen LogP contribution in [-0.2, 0) is 0 Å². The van der Waals surface area contributed by atoms with Crippen LogP contribution in [0.4, 0.5) is 0 Å². The second-order valence-corrected chi connectivity index (χ2v) is 18.2. The number of hydrogen-bond donors (Lipinski definition) is 0. The van der Waals surface area contributed by atoms with Crippen LogP contribution in [0.1, 0.15) is 62.5 Å². The number of hydrogen-bond acceptors (Lipinski definition) is 2. The van der Waals surface area contributed by atoms with Crippen molar-refractivity contribution >= 4 is 16.3 Å². The van der Waals surface area contributed by atoms with Gasteiger partial charge in [0.15, 0.2) is 0 Å². The van der Waals surface area contributed by atoms with E-state index in [9.17, 15) is 0 Å². The lowest BCUT2D eigenvalue weighted by molar-refractivity contribution is 0.299. The van der Waals surface area contributed by atoms with Crippen molar-refractivity contribution in [2.45, 2.75) is 65.2 Å². The molecule has 2 heterocycles. The second-order valence-electron chi connectivity index (χ2n) is 14.5. The summed E-state index contributed by atoms with van der Waals surface area (Å²) in [5.41, 5.74) is 9.92. The number of fused-ring (bicyclic) bond motifs is 2. The monoisotopic (exact) mass is 646 g/mol. The first-order valence-corrected chi connectivity index (χ1v) is 21.1. The zero-order valence-electron chi connectivity index (χ0n) is 27.6. The summed E-state index contributed by atoms with van der Waals surface area (Å²) in [5.74, 6) is 5.57. The third kappa shape index (κ3) is 6.06. The van der Waals surface area contributed by atoms with E-state index >= 15 is 0 Å². The molecule has 0 amide bonds. The molecule has 4 heteroatoms. The Morgan fingerprint density at radius 1 is 0.457 bits per heavy atom. The van der Waals surface area contributed by atoms with Crippen molar-refractivity contribution in [3.05, 3.63) is 96.1 Å². The standard InChI is InChI=1S/C42H48O2P2/c1-29-21-23-37(31-13-5-3-6-14-31)41(43-45-25-33-17-9-10-18-34(33)26-45)39(29)40-30(2)22-24-38(32-15-7-4-8-16-32)42(40)44-46-27-35-19-11-12-20-36(35)28-46/h3-8,13-16,21-24,33-36H,9-12,17-20,25-28H2,1-2H3. The Hall–Kier alpha value is -2.66. The molecule has 2 aliphatic carbocycles. The van der Waals surface area contributed by atoms with Crippen LogP contribution in [0, 0.1) is 37.5 Å². The van der Waals surface area contributed by atoms with Gasteiger partial charge in [0.1, 0.15) is 11.5 Å². The normalized spacial score (nSPS) is 27.2. The van der Waals surface area contributed by atoms with Crippen molar-refractivity contribution in [3.8, 4) is 44.9 Å². The minimum atomic E-state index is -0.527. The molecule has 238 valence electrons. The van der Waals surface area contributed by atoms with E-state index in [1.54, 1.807) is 0 Å². The summed E-state index contributed by atoms with van der Waals surface area (Å²) < 4.78 is 14.9. The second kappa shape index (κ2) is 13.5. The van der Waals surface area contributed by atoms with E-state index in [1.165, 1.54) is 121 Å². The number of aryl methyl sites for hydroxylation is 2. The minimum Gasteiger partial charge on any atom is -0.473 e. The molecule has 46 heavy (non-hydrogen) atoms. The third-order valence-electron chi connectivity index (χ3n) is 11.5. The van der Waals surface area contributed by atoms with Crippen LogP contribution in [0.5, 0.6) is 11.5 Å². The molecular weight excluding hydrogens is 598 g/mol. The fourth-order valence-electron chi connectivity index (χ4n) is 9.00. The van der Waals surface area contributed by atoms with Gasteiger partial charge >= 0.3 is 0 Å². The van der Waals surface area contributed by atoms with E-state index in [-0.39, 0.29) is 0 Å². The highest BCUT2D eigenvalue weighted by atomic mass is 31.1. The van der Waals surface area contributed by atoms with Gasteiger partial charge in [-0.15, -0.1) is 0 Å². The van der Waals surface area contributed by atoms with Gasteiger partial charge < -0.3 is 9.05 Å². The number of rotatable bonds is 7. The third-order valence-corrected chi connectivity index (χ3v) is 15.9. The van der Waals surface area contributed by atoms with Crippen molar-refractivity contribution in [3.63, 3.8) is 0 Å². The predicted molar refractivity (Wildman–Crippen MR) is 198 cm³/mol. The zero-order valence-corrected chi connectivity index (χ0v) is 29.4. The molecular formula is C42H48O2P2. The summed E-state index contributed by atoms with van der Waals surface area (Å²) in [4.78, 5) is 0. The summed E-state index contributed by atoms with van der Waals surface area (Å²) in [6.07, 6.45) is 16.1. The van der Waals surface area contributed by atoms with Crippen molar-refractivity contribution < 1.29 is 9.05 Å². The molecule has 0 aromatic heterocycles. The maximum absolute atomic E-state index is 7.44. The van der Waals surface area contributed by atoms with Gasteiger partial charge in [0.2, 0.25) is 0 Å². The summed E-state index contributed by atoms with van der Waals surface area (Å²) in [6, 6.07) is 31.1. The van der Waals surface area contributed by atoms with Gasteiger partial charge in [0, 0.05) is 46.9 Å². The summed E-state index contributed by atoms with van der Waals surface area (Å²) >= 11 is 0. The quantitative estimate of drug-likeness (QED) is 0.186. The van der Waals surface area contributed by atoms with Crippen molar-refractivity contribution in [2.24, 2.45) is 23.7 Å². The van der Waals surface area contributed by atoms with E-state index in [1.807, 2.05) is 0 Å². The highest BCUT2D eigenvalue weighted by Crippen LogP contribution is 2.60. The van der Waals surface area contributed by atoms with E-state index in [2.05, 4.69) is 98.8 Å².